The Bertz CT molecular complexity index is 1030. The van der Waals surface area contributed by atoms with Gasteiger partial charge >= 0.3 is 5.63 Å². The van der Waals surface area contributed by atoms with Crippen LogP contribution in [0.1, 0.15) is 41.2 Å². The first-order valence-corrected chi connectivity index (χ1v) is 9.55. The van der Waals surface area contributed by atoms with Crippen molar-refractivity contribution in [2.45, 2.75) is 46.7 Å². The molecule has 3 aromatic rings. The molecule has 0 radical (unpaired) electrons. The Morgan fingerprint density at radius 3 is 2.63 bits per heavy atom. The minimum absolute atomic E-state index is 0.286. The fourth-order valence-corrected chi connectivity index (χ4v) is 3.86. The molecule has 4 heteroatoms. The third-order valence-corrected chi connectivity index (χ3v) is 5.21. The summed E-state index contributed by atoms with van der Waals surface area (Å²) in [5.41, 5.74) is 6.07. The molecule has 0 bridgehead atoms. The summed E-state index contributed by atoms with van der Waals surface area (Å²) in [7, 11) is 0. The average Bonchev–Trinajstić information content (AvgIpc) is 2.65. The van der Waals surface area contributed by atoms with Crippen LogP contribution in [0.2, 0.25) is 0 Å². The van der Waals surface area contributed by atoms with Crippen LogP contribution in [0.4, 0.5) is 0 Å². The van der Waals surface area contributed by atoms with Gasteiger partial charge in [-0.05, 0) is 37.5 Å². The van der Waals surface area contributed by atoms with Crippen molar-refractivity contribution in [3.8, 4) is 5.75 Å². The number of hydrogen-bond donors (Lipinski definition) is 0. The van der Waals surface area contributed by atoms with Crippen LogP contribution in [-0.4, -0.2) is 11.6 Å². The topological polar surface area (TPSA) is 42.7 Å². The zero-order valence-corrected chi connectivity index (χ0v) is 16.2. The van der Waals surface area contributed by atoms with E-state index in [9.17, 15) is 4.79 Å². The van der Waals surface area contributed by atoms with Crippen molar-refractivity contribution in [2.75, 3.05) is 6.73 Å². The molecule has 2 aromatic carbocycles. The highest BCUT2D eigenvalue weighted by Crippen LogP contribution is 2.36. The van der Waals surface area contributed by atoms with Gasteiger partial charge in [0, 0.05) is 35.7 Å². The van der Waals surface area contributed by atoms with E-state index in [2.05, 4.69) is 49.1 Å². The number of nitrogens with zero attached hydrogens (tertiary/aromatic N) is 1. The maximum absolute atomic E-state index is 12.0. The zero-order valence-electron chi connectivity index (χ0n) is 16.2. The normalized spacial score (nSPS) is 14.2. The fraction of sp³-hybridized carbons (Fsp3) is 0.348. The molecule has 1 aliphatic heterocycles. The number of benzene rings is 2. The first kappa shape index (κ1) is 17.8. The molecule has 27 heavy (non-hydrogen) atoms. The van der Waals surface area contributed by atoms with Crippen LogP contribution in [0.5, 0.6) is 5.75 Å². The van der Waals surface area contributed by atoms with Crippen LogP contribution in [0.15, 0.2) is 45.6 Å². The largest absolute Gasteiger partial charge is 0.477 e. The SMILES string of the molecule is CCCc1cc(=O)oc2c(C)c3c(cc12)CN(Cc1ccc(C)cc1)CO3. The lowest BCUT2D eigenvalue weighted by Gasteiger charge is -2.30. The zero-order chi connectivity index (χ0) is 19.0. The van der Waals surface area contributed by atoms with E-state index in [0.29, 0.717) is 12.3 Å². The highest BCUT2D eigenvalue weighted by atomic mass is 16.5. The molecule has 0 saturated heterocycles. The smallest absolute Gasteiger partial charge is 0.336 e. The number of hydrogen-bond acceptors (Lipinski definition) is 4. The van der Waals surface area contributed by atoms with Gasteiger partial charge in [-0.3, -0.25) is 4.90 Å². The van der Waals surface area contributed by atoms with Crippen molar-refractivity contribution in [2.24, 2.45) is 0 Å². The van der Waals surface area contributed by atoms with E-state index in [1.807, 2.05) is 6.92 Å². The van der Waals surface area contributed by atoms with Crippen LogP contribution in [0.3, 0.4) is 0 Å². The quantitative estimate of drug-likeness (QED) is 0.629. The third-order valence-electron chi connectivity index (χ3n) is 5.21. The van der Waals surface area contributed by atoms with Crippen LogP contribution < -0.4 is 10.4 Å². The van der Waals surface area contributed by atoms with Crippen molar-refractivity contribution in [1.82, 2.24) is 4.90 Å². The predicted molar refractivity (Wildman–Crippen MR) is 107 cm³/mol. The summed E-state index contributed by atoms with van der Waals surface area (Å²) in [6.07, 6.45) is 1.86. The van der Waals surface area contributed by atoms with Gasteiger partial charge in [-0.1, -0.05) is 43.2 Å². The molecule has 0 atom stereocenters. The monoisotopic (exact) mass is 363 g/mol. The van der Waals surface area contributed by atoms with E-state index in [4.69, 9.17) is 9.15 Å². The second kappa shape index (κ2) is 7.20. The first-order chi connectivity index (χ1) is 13.0. The minimum atomic E-state index is -0.286. The third kappa shape index (κ3) is 3.50. The van der Waals surface area contributed by atoms with Crippen LogP contribution in [0.25, 0.3) is 11.0 Å². The Labute approximate surface area is 159 Å². The van der Waals surface area contributed by atoms with Crippen LogP contribution in [-0.2, 0) is 19.5 Å². The van der Waals surface area contributed by atoms with Gasteiger partial charge in [0.15, 0.2) is 0 Å². The second-order valence-electron chi connectivity index (χ2n) is 7.45. The van der Waals surface area contributed by atoms with E-state index in [-0.39, 0.29) is 5.63 Å². The van der Waals surface area contributed by atoms with Gasteiger partial charge in [-0.25, -0.2) is 4.79 Å². The summed E-state index contributed by atoms with van der Waals surface area (Å²) in [6, 6.07) is 12.4. The minimum Gasteiger partial charge on any atom is -0.477 e. The summed E-state index contributed by atoms with van der Waals surface area (Å²) >= 11 is 0. The summed E-state index contributed by atoms with van der Waals surface area (Å²) in [4.78, 5) is 14.3. The molecule has 0 aliphatic carbocycles. The van der Waals surface area contributed by atoms with Crippen molar-refractivity contribution in [1.29, 1.82) is 0 Å². The van der Waals surface area contributed by atoms with E-state index in [0.717, 1.165) is 53.8 Å². The predicted octanol–water partition coefficient (Wildman–Crippen LogP) is 4.71. The van der Waals surface area contributed by atoms with Crippen molar-refractivity contribution >= 4 is 11.0 Å². The summed E-state index contributed by atoms with van der Waals surface area (Å²) in [5, 5.41) is 1.04. The molecular formula is C23H25NO3. The van der Waals surface area contributed by atoms with Crippen LogP contribution >= 0.6 is 0 Å². The first-order valence-electron chi connectivity index (χ1n) is 9.55. The molecule has 0 unspecified atom stereocenters. The number of rotatable bonds is 4. The molecule has 0 saturated carbocycles. The van der Waals surface area contributed by atoms with Gasteiger partial charge in [-0.15, -0.1) is 0 Å². The lowest BCUT2D eigenvalue weighted by Crippen LogP contribution is -2.32. The van der Waals surface area contributed by atoms with E-state index in [1.54, 1.807) is 6.07 Å². The van der Waals surface area contributed by atoms with Gasteiger partial charge < -0.3 is 9.15 Å². The average molecular weight is 363 g/mol. The maximum atomic E-state index is 12.0. The lowest BCUT2D eigenvalue weighted by molar-refractivity contribution is 0.0881. The molecular weight excluding hydrogens is 338 g/mol. The van der Waals surface area contributed by atoms with Gasteiger partial charge in [0.25, 0.3) is 0 Å². The van der Waals surface area contributed by atoms with E-state index >= 15 is 0 Å². The molecule has 2 heterocycles. The number of fused-ring (bicyclic) bond motifs is 2. The Morgan fingerprint density at radius 1 is 1.11 bits per heavy atom. The molecule has 1 aromatic heterocycles. The maximum Gasteiger partial charge on any atom is 0.336 e. The molecule has 1 aliphatic rings. The molecule has 0 amide bonds. The molecule has 0 N–H and O–H groups in total. The Morgan fingerprint density at radius 2 is 1.89 bits per heavy atom. The lowest BCUT2D eigenvalue weighted by atomic mass is 9.98. The van der Waals surface area contributed by atoms with E-state index in [1.165, 1.54) is 11.1 Å². The molecule has 0 fully saturated rings. The van der Waals surface area contributed by atoms with Gasteiger partial charge in [0.05, 0.1) is 0 Å². The summed E-state index contributed by atoms with van der Waals surface area (Å²) < 4.78 is 11.6. The summed E-state index contributed by atoms with van der Waals surface area (Å²) in [6.45, 7) is 8.41. The van der Waals surface area contributed by atoms with Crippen LogP contribution in [0, 0.1) is 13.8 Å². The van der Waals surface area contributed by atoms with Crippen molar-refractivity contribution in [3.63, 3.8) is 0 Å². The van der Waals surface area contributed by atoms with E-state index < -0.39 is 0 Å². The fourth-order valence-electron chi connectivity index (χ4n) is 3.86. The summed E-state index contributed by atoms with van der Waals surface area (Å²) in [5.74, 6) is 0.861. The highest BCUT2D eigenvalue weighted by Gasteiger charge is 2.23. The van der Waals surface area contributed by atoms with Gasteiger partial charge in [-0.2, -0.15) is 0 Å². The van der Waals surface area contributed by atoms with Gasteiger partial charge in [0.2, 0.25) is 0 Å². The van der Waals surface area contributed by atoms with Crippen molar-refractivity contribution in [3.05, 3.63) is 74.6 Å². The molecule has 140 valence electrons. The molecule has 0 spiro atoms. The molecule has 4 rings (SSSR count). The highest BCUT2D eigenvalue weighted by molar-refractivity contribution is 5.86. The van der Waals surface area contributed by atoms with Crippen molar-refractivity contribution < 1.29 is 9.15 Å². The number of ether oxygens (including phenoxy) is 1. The Balaban J connectivity index is 1.70. The standard InChI is InChI=1S/C23H25NO3/c1-4-5-18-11-21(25)27-23-16(3)22-19(10-20(18)23)13-24(14-26-22)12-17-8-6-15(2)7-9-17/h6-11H,4-5,12-14H2,1-3H3. The Hall–Kier alpha value is -2.59. The number of aryl methyl sites for hydroxylation is 3. The molecule has 4 nitrogen and oxygen atoms in total. The Kier molecular flexibility index (Phi) is 4.75. The van der Waals surface area contributed by atoms with Gasteiger partial charge in [0.1, 0.15) is 18.1 Å². The second-order valence-corrected chi connectivity index (χ2v) is 7.45.